The second-order valence-electron chi connectivity index (χ2n) is 3.39. The number of hydrogen-bond donors (Lipinski definition) is 2. The molecule has 0 aliphatic carbocycles. The number of H-pyrrole nitrogens is 1. The van der Waals surface area contributed by atoms with E-state index in [1.165, 1.54) is 0 Å². The Hall–Kier alpha value is -1.88. The van der Waals surface area contributed by atoms with Crippen molar-refractivity contribution in [3.63, 3.8) is 0 Å². The normalized spacial score (nSPS) is 10.6. The molecule has 0 fully saturated rings. The largest absolute Gasteiger partial charge is 0.492 e. The molecular formula is C11H13N3O2. The van der Waals surface area contributed by atoms with Gasteiger partial charge in [-0.15, -0.1) is 0 Å². The molecule has 0 radical (unpaired) electrons. The smallest absolute Gasteiger partial charge is 0.345 e. The molecule has 0 unspecified atom stereocenters. The van der Waals surface area contributed by atoms with Gasteiger partial charge in [0.15, 0.2) is 0 Å². The van der Waals surface area contributed by atoms with E-state index in [2.05, 4.69) is 15.3 Å². The lowest BCUT2D eigenvalue weighted by Crippen LogP contribution is -2.16. The number of aromatic amines is 1. The van der Waals surface area contributed by atoms with Crippen LogP contribution in [0.3, 0.4) is 0 Å². The van der Waals surface area contributed by atoms with Crippen molar-refractivity contribution in [2.75, 3.05) is 20.2 Å². The molecule has 2 N–H and O–H groups in total. The molecule has 5 nitrogen and oxygen atoms in total. The maximum atomic E-state index is 11.0. The summed E-state index contributed by atoms with van der Waals surface area (Å²) in [6, 6.07) is 5.53. The summed E-state index contributed by atoms with van der Waals surface area (Å²) in [4.78, 5) is 17.3. The van der Waals surface area contributed by atoms with Gasteiger partial charge in [0.25, 0.3) is 0 Å². The first-order valence-corrected chi connectivity index (χ1v) is 5.06. The molecule has 0 aliphatic rings. The van der Waals surface area contributed by atoms with Gasteiger partial charge in [0.05, 0.1) is 5.52 Å². The van der Waals surface area contributed by atoms with Crippen molar-refractivity contribution in [1.29, 1.82) is 0 Å². The fourth-order valence-corrected chi connectivity index (χ4v) is 1.39. The molecule has 0 aliphatic heterocycles. The molecule has 1 heterocycles. The molecule has 0 spiro atoms. The molecule has 1 aromatic carbocycles. The van der Waals surface area contributed by atoms with Crippen LogP contribution in [0.4, 0.5) is 0 Å². The SMILES string of the molecule is CNCCOc1ccc2cnc(=O)[nH]c2c1. The summed E-state index contributed by atoms with van der Waals surface area (Å²) in [6.45, 7) is 1.38. The molecule has 0 amide bonds. The molecule has 0 saturated heterocycles. The number of hydrogen-bond acceptors (Lipinski definition) is 4. The highest BCUT2D eigenvalue weighted by atomic mass is 16.5. The summed E-state index contributed by atoms with van der Waals surface area (Å²) >= 11 is 0. The molecule has 2 rings (SSSR count). The zero-order valence-electron chi connectivity index (χ0n) is 8.99. The molecule has 0 atom stereocenters. The maximum absolute atomic E-state index is 11.0. The lowest BCUT2D eigenvalue weighted by Gasteiger charge is -2.06. The minimum atomic E-state index is -0.347. The monoisotopic (exact) mass is 219 g/mol. The third-order valence-electron chi connectivity index (χ3n) is 2.21. The van der Waals surface area contributed by atoms with Gasteiger partial charge in [-0.2, -0.15) is 0 Å². The molecule has 0 bridgehead atoms. The van der Waals surface area contributed by atoms with Gasteiger partial charge in [0, 0.05) is 24.2 Å². The number of rotatable bonds is 4. The van der Waals surface area contributed by atoms with Crippen LogP contribution in [0.5, 0.6) is 5.75 Å². The van der Waals surface area contributed by atoms with Crippen LogP contribution in [0.1, 0.15) is 0 Å². The first kappa shape index (κ1) is 10.6. The molecule has 84 valence electrons. The number of nitrogens with one attached hydrogen (secondary N) is 2. The van der Waals surface area contributed by atoms with Gasteiger partial charge in [0.2, 0.25) is 0 Å². The van der Waals surface area contributed by atoms with Crippen LogP contribution in [0.15, 0.2) is 29.2 Å². The Labute approximate surface area is 92.5 Å². The van der Waals surface area contributed by atoms with Crippen LogP contribution >= 0.6 is 0 Å². The molecule has 16 heavy (non-hydrogen) atoms. The maximum Gasteiger partial charge on any atom is 0.345 e. The Kier molecular flexibility index (Phi) is 3.16. The summed E-state index contributed by atoms with van der Waals surface area (Å²) < 4.78 is 5.49. The number of benzene rings is 1. The van der Waals surface area contributed by atoms with Gasteiger partial charge in [-0.1, -0.05) is 0 Å². The molecule has 0 saturated carbocycles. The van der Waals surface area contributed by atoms with Crippen molar-refractivity contribution in [3.05, 3.63) is 34.9 Å². The highest BCUT2D eigenvalue weighted by Crippen LogP contribution is 2.17. The van der Waals surface area contributed by atoms with Crippen LogP contribution in [0.25, 0.3) is 10.9 Å². The van der Waals surface area contributed by atoms with Crippen molar-refractivity contribution >= 4 is 10.9 Å². The van der Waals surface area contributed by atoms with Gasteiger partial charge in [-0.05, 0) is 19.2 Å². The van der Waals surface area contributed by atoms with E-state index in [1.54, 1.807) is 12.3 Å². The fourth-order valence-electron chi connectivity index (χ4n) is 1.39. The van der Waals surface area contributed by atoms with E-state index in [-0.39, 0.29) is 5.69 Å². The average molecular weight is 219 g/mol. The third kappa shape index (κ3) is 2.38. The van der Waals surface area contributed by atoms with Crippen molar-refractivity contribution in [3.8, 4) is 5.75 Å². The first-order valence-electron chi connectivity index (χ1n) is 5.06. The van der Waals surface area contributed by atoms with E-state index >= 15 is 0 Å². The van der Waals surface area contributed by atoms with E-state index < -0.39 is 0 Å². The Morgan fingerprint density at radius 3 is 3.19 bits per heavy atom. The van der Waals surface area contributed by atoms with Crippen molar-refractivity contribution < 1.29 is 4.74 Å². The Bertz CT molecular complexity index is 536. The van der Waals surface area contributed by atoms with E-state index in [1.807, 2.05) is 19.2 Å². The van der Waals surface area contributed by atoms with Crippen LogP contribution in [-0.4, -0.2) is 30.2 Å². The van der Waals surface area contributed by atoms with Crippen molar-refractivity contribution in [2.45, 2.75) is 0 Å². The Morgan fingerprint density at radius 2 is 2.38 bits per heavy atom. The molecule has 2 aromatic rings. The predicted molar refractivity (Wildman–Crippen MR) is 61.8 cm³/mol. The molecule has 1 aromatic heterocycles. The summed E-state index contributed by atoms with van der Waals surface area (Å²) in [6.07, 6.45) is 1.55. The van der Waals surface area contributed by atoms with Gasteiger partial charge >= 0.3 is 5.69 Å². The number of aromatic nitrogens is 2. The third-order valence-corrected chi connectivity index (χ3v) is 2.21. The number of fused-ring (bicyclic) bond motifs is 1. The summed E-state index contributed by atoms with van der Waals surface area (Å²) in [5.41, 5.74) is 0.391. The number of likely N-dealkylation sites (N-methyl/N-ethyl adjacent to an activating group) is 1. The van der Waals surface area contributed by atoms with E-state index in [0.717, 1.165) is 23.2 Å². The second kappa shape index (κ2) is 4.76. The lowest BCUT2D eigenvalue weighted by atomic mass is 10.2. The van der Waals surface area contributed by atoms with E-state index in [0.29, 0.717) is 6.61 Å². The lowest BCUT2D eigenvalue weighted by molar-refractivity contribution is 0.319. The van der Waals surface area contributed by atoms with E-state index in [9.17, 15) is 4.79 Å². The van der Waals surface area contributed by atoms with Crippen molar-refractivity contribution in [1.82, 2.24) is 15.3 Å². The second-order valence-corrected chi connectivity index (χ2v) is 3.39. The zero-order valence-corrected chi connectivity index (χ0v) is 8.99. The number of ether oxygens (including phenoxy) is 1. The van der Waals surface area contributed by atoms with Crippen LogP contribution < -0.4 is 15.7 Å². The molecular weight excluding hydrogens is 206 g/mol. The predicted octanol–water partition coefficient (Wildman–Crippen LogP) is 0.521. The highest BCUT2D eigenvalue weighted by Gasteiger charge is 1.98. The van der Waals surface area contributed by atoms with Crippen LogP contribution in [0, 0.1) is 0 Å². The topological polar surface area (TPSA) is 67.0 Å². The zero-order chi connectivity index (χ0) is 11.4. The van der Waals surface area contributed by atoms with Gasteiger partial charge < -0.3 is 15.0 Å². The quantitative estimate of drug-likeness (QED) is 0.736. The summed E-state index contributed by atoms with van der Waals surface area (Å²) in [5.74, 6) is 0.740. The van der Waals surface area contributed by atoms with Crippen LogP contribution in [0.2, 0.25) is 0 Å². The van der Waals surface area contributed by atoms with E-state index in [4.69, 9.17) is 4.74 Å². The summed E-state index contributed by atoms with van der Waals surface area (Å²) in [5, 5.41) is 3.88. The van der Waals surface area contributed by atoms with Crippen LogP contribution in [-0.2, 0) is 0 Å². The van der Waals surface area contributed by atoms with Gasteiger partial charge in [-0.25, -0.2) is 9.78 Å². The Morgan fingerprint density at radius 1 is 1.50 bits per heavy atom. The molecule has 5 heteroatoms. The summed E-state index contributed by atoms with van der Waals surface area (Å²) in [7, 11) is 1.87. The average Bonchev–Trinajstić information content (AvgIpc) is 2.29. The fraction of sp³-hybridized carbons (Fsp3) is 0.273. The standard InChI is InChI=1S/C11H13N3O2/c1-12-4-5-16-9-3-2-8-7-13-11(15)14-10(8)6-9/h2-3,6-7,12H,4-5H2,1H3,(H,13,14,15). The highest BCUT2D eigenvalue weighted by molar-refractivity contribution is 5.78. The Balaban J connectivity index is 2.25. The first-order chi connectivity index (χ1) is 7.79. The van der Waals surface area contributed by atoms with Gasteiger partial charge in [-0.3, -0.25) is 0 Å². The minimum Gasteiger partial charge on any atom is -0.492 e. The minimum absolute atomic E-state index is 0.347. The van der Waals surface area contributed by atoms with Gasteiger partial charge in [0.1, 0.15) is 12.4 Å². The van der Waals surface area contributed by atoms with Crippen molar-refractivity contribution in [2.24, 2.45) is 0 Å². The number of nitrogens with zero attached hydrogens (tertiary/aromatic N) is 1.